The van der Waals surface area contributed by atoms with Crippen LogP contribution in [0.25, 0.3) is 0 Å². The Labute approximate surface area is 292 Å². The van der Waals surface area contributed by atoms with E-state index in [9.17, 15) is 24.3 Å². The number of ether oxygens (including phenoxy) is 2. The van der Waals surface area contributed by atoms with Crippen LogP contribution in [0.1, 0.15) is 89.0 Å². The lowest BCUT2D eigenvalue weighted by Crippen LogP contribution is -2.51. The van der Waals surface area contributed by atoms with E-state index in [0.717, 1.165) is 18.1 Å². The van der Waals surface area contributed by atoms with Gasteiger partial charge in [0.2, 0.25) is 5.91 Å². The number of aliphatic hydroxyl groups is 1. The Kier molecular flexibility index (Phi) is 18.0. The molecule has 0 heterocycles. The summed E-state index contributed by atoms with van der Waals surface area (Å²) in [6, 6.07) is -1.92. The number of nitrogens with one attached hydrogen (secondary N) is 4. The van der Waals surface area contributed by atoms with E-state index in [2.05, 4.69) is 42.0 Å². The van der Waals surface area contributed by atoms with Gasteiger partial charge in [-0.1, -0.05) is 21.6 Å². The van der Waals surface area contributed by atoms with Gasteiger partial charge in [-0.05, 0) is 89.0 Å². The summed E-state index contributed by atoms with van der Waals surface area (Å²) >= 11 is 3.88. The summed E-state index contributed by atoms with van der Waals surface area (Å²) in [6.07, 6.45) is 0.923. The quantitative estimate of drug-likeness (QED) is 0.0955. The van der Waals surface area contributed by atoms with E-state index in [-0.39, 0.29) is 23.0 Å². The number of Topliss-reactive ketones (excluding diaryl/α,β-unsaturated/α-hetero) is 1. The van der Waals surface area contributed by atoms with Crippen molar-refractivity contribution in [1.29, 1.82) is 0 Å². The molecule has 0 aliphatic heterocycles. The van der Waals surface area contributed by atoms with Gasteiger partial charge in [-0.3, -0.25) is 9.59 Å². The highest BCUT2D eigenvalue weighted by Gasteiger charge is 2.34. The zero-order valence-corrected chi connectivity index (χ0v) is 32.8. The highest BCUT2D eigenvalue weighted by molar-refractivity contribution is 8.76. The van der Waals surface area contributed by atoms with Gasteiger partial charge in [-0.2, -0.15) is 23.5 Å². The molecule has 4 atom stereocenters. The van der Waals surface area contributed by atoms with Crippen molar-refractivity contribution in [3.8, 4) is 0 Å². The molecule has 0 aromatic rings. The van der Waals surface area contributed by atoms with Crippen molar-refractivity contribution in [3.05, 3.63) is 0 Å². The lowest BCUT2D eigenvalue weighted by Gasteiger charge is -2.36. The molecule has 0 aromatic carbocycles. The molecule has 0 radical (unpaired) electrons. The van der Waals surface area contributed by atoms with Crippen LogP contribution in [0.2, 0.25) is 0 Å². The Morgan fingerprint density at radius 3 is 1.57 bits per heavy atom. The summed E-state index contributed by atoms with van der Waals surface area (Å²) in [6.45, 7) is 21.0. The van der Waals surface area contributed by atoms with Crippen molar-refractivity contribution in [2.45, 2.75) is 134 Å². The zero-order chi connectivity index (χ0) is 35.3. The first-order valence-corrected chi connectivity index (χ1v) is 20.3. The molecule has 46 heavy (non-hydrogen) atoms. The highest BCUT2D eigenvalue weighted by atomic mass is 33.1. The topological polar surface area (TPSA) is 155 Å². The van der Waals surface area contributed by atoms with Crippen LogP contribution in [0.5, 0.6) is 0 Å². The number of rotatable bonds is 18. The van der Waals surface area contributed by atoms with Crippen LogP contribution in [0.15, 0.2) is 0 Å². The molecule has 5 N–H and O–H groups in total. The number of hydrogen-bond donors (Lipinski definition) is 5. The second kappa shape index (κ2) is 19.3. The van der Waals surface area contributed by atoms with Crippen molar-refractivity contribution in [1.82, 2.24) is 21.3 Å². The number of thioether (sulfide) groups is 2. The molecule has 0 spiro atoms. The lowest BCUT2D eigenvalue weighted by atomic mass is 9.98. The lowest BCUT2D eigenvalue weighted by molar-refractivity contribution is -0.135. The molecule has 1 aliphatic carbocycles. The Balaban J connectivity index is 2.67. The number of carbonyl (C=O) groups is 4. The Bertz CT molecular complexity index is 991. The van der Waals surface area contributed by atoms with Crippen LogP contribution in [-0.2, 0) is 19.1 Å². The fourth-order valence-electron chi connectivity index (χ4n) is 3.89. The molecule has 0 bridgehead atoms. The minimum atomic E-state index is -1.68. The van der Waals surface area contributed by atoms with Crippen LogP contribution in [0.4, 0.5) is 9.59 Å². The van der Waals surface area contributed by atoms with E-state index >= 15 is 0 Å². The van der Waals surface area contributed by atoms with Gasteiger partial charge in [-0.15, -0.1) is 0 Å². The molecule has 0 saturated heterocycles. The van der Waals surface area contributed by atoms with Gasteiger partial charge in [0.1, 0.15) is 28.9 Å². The van der Waals surface area contributed by atoms with E-state index in [1.54, 1.807) is 41.5 Å². The number of alkyl carbamates (subject to hydrolysis) is 2. The maximum absolute atomic E-state index is 13.2. The van der Waals surface area contributed by atoms with Gasteiger partial charge in [0, 0.05) is 52.1 Å². The monoisotopic (exact) mass is 726 g/mol. The number of ketones is 1. The third-order valence-electron chi connectivity index (χ3n) is 6.14. The van der Waals surface area contributed by atoms with Crippen LogP contribution in [0.3, 0.4) is 0 Å². The molecule has 1 aliphatic rings. The van der Waals surface area contributed by atoms with Crippen molar-refractivity contribution < 1.29 is 33.8 Å². The van der Waals surface area contributed by atoms with E-state index in [0.29, 0.717) is 17.0 Å². The smallest absolute Gasteiger partial charge is 0.408 e. The first kappa shape index (κ1) is 43.0. The molecule has 268 valence electrons. The van der Waals surface area contributed by atoms with Crippen LogP contribution in [0, 0.1) is 0 Å². The van der Waals surface area contributed by atoms with Gasteiger partial charge in [-0.25, -0.2) is 9.59 Å². The standard InChI is InChI=1S/C31H58N4O7S4/c1-28(2,3)33-15-17-44-23-13-12-22(23)43-16-14-32-25(37)21(35-27(39)42-30(7,8)9)19-46-45-18-20(24(36)31(10,11)40)34-26(38)41-29(4,5)6/h20-23,33,40H,12-19H2,1-11H3,(H,32,37)(H,34,38)(H,35,39). The van der Waals surface area contributed by atoms with Crippen molar-refractivity contribution in [2.75, 3.05) is 36.1 Å². The van der Waals surface area contributed by atoms with E-state index < -0.39 is 46.9 Å². The van der Waals surface area contributed by atoms with Gasteiger partial charge in [0.05, 0.1) is 0 Å². The first-order valence-electron chi connectivity index (χ1n) is 15.7. The van der Waals surface area contributed by atoms with Crippen LogP contribution < -0.4 is 21.3 Å². The zero-order valence-electron chi connectivity index (χ0n) is 29.5. The minimum Gasteiger partial charge on any atom is -0.444 e. The van der Waals surface area contributed by atoms with Gasteiger partial charge < -0.3 is 35.8 Å². The molecule has 11 nitrogen and oxygen atoms in total. The maximum Gasteiger partial charge on any atom is 0.408 e. The second-order valence-electron chi connectivity index (χ2n) is 14.8. The molecule has 1 fully saturated rings. The van der Waals surface area contributed by atoms with Crippen molar-refractivity contribution >= 4 is 69.0 Å². The maximum atomic E-state index is 13.2. The Morgan fingerprint density at radius 2 is 1.15 bits per heavy atom. The van der Waals surface area contributed by atoms with E-state index in [4.69, 9.17) is 9.47 Å². The molecular weight excluding hydrogens is 669 g/mol. The molecule has 3 amide bonds. The SMILES string of the molecule is CC(C)(C)NCCSC1CCC1SCCNC(=O)C(CSSCC(NC(=O)OC(C)(C)C)C(=O)C(C)(C)O)NC(=O)OC(C)(C)C. The first-order chi connectivity index (χ1) is 21.0. The van der Waals surface area contributed by atoms with Crippen LogP contribution in [-0.4, -0.2) is 110 Å². The predicted molar refractivity (Wildman–Crippen MR) is 195 cm³/mol. The van der Waals surface area contributed by atoms with Crippen molar-refractivity contribution in [3.63, 3.8) is 0 Å². The van der Waals surface area contributed by atoms with E-state index in [1.165, 1.54) is 48.3 Å². The van der Waals surface area contributed by atoms with Crippen molar-refractivity contribution in [2.24, 2.45) is 0 Å². The summed E-state index contributed by atoms with van der Waals surface area (Å²) in [7, 11) is 2.50. The predicted octanol–water partition coefficient (Wildman–Crippen LogP) is 5.00. The summed E-state index contributed by atoms with van der Waals surface area (Å²) in [5.74, 6) is 1.24. The molecule has 15 heteroatoms. The molecular formula is C31H58N4O7S4. The highest BCUT2D eigenvalue weighted by Crippen LogP contribution is 2.39. The molecule has 1 saturated carbocycles. The molecule has 0 aromatic heterocycles. The largest absolute Gasteiger partial charge is 0.444 e. The molecule has 4 unspecified atom stereocenters. The Morgan fingerprint density at radius 1 is 0.717 bits per heavy atom. The summed E-state index contributed by atoms with van der Waals surface area (Å²) in [4.78, 5) is 50.9. The van der Waals surface area contributed by atoms with Gasteiger partial charge in [0.15, 0.2) is 5.78 Å². The fraction of sp³-hybridized carbons (Fsp3) is 0.871. The fourth-order valence-corrected chi connectivity index (χ4v) is 9.04. The average Bonchev–Trinajstić information content (AvgIpc) is 2.84. The van der Waals surface area contributed by atoms with Gasteiger partial charge in [0.25, 0.3) is 0 Å². The number of carbonyl (C=O) groups excluding carboxylic acids is 4. The third kappa shape index (κ3) is 19.7. The summed E-state index contributed by atoms with van der Waals surface area (Å²) in [5, 5.41) is 23.2. The third-order valence-corrected chi connectivity index (χ3v) is 11.6. The number of hydrogen-bond acceptors (Lipinski definition) is 12. The van der Waals surface area contributed by atoms with Crippen LogP contribution >= 0.6 is 45.1 Å². The van der Waals surface area contributed by atoms with Gasteiger partial charge >= 0.3 is 12.2 Å². The van der Waals surface area contributed by atoms with E-state index in [1.807, 2.05) is 23.5 Å². The second-order valence-corrected chi connectivity index (χ2v) is 20.0. The Hall–Kier alpha value is -1.00. The minimum absolute atomic E-state index is 0.108. The summed E-state index contributed by atoms with van der Waals surface area (Å²) < 4.78 is 10.7. The normalized spacial score (nSPS) is 18.5. The summed E-state index contributed by atoms with van der Waals surface area (Å²) in [5.41, 5.74) is -3.05. The number of amides is 3. The average molecular weight is 727 g/mol. The molecule has 1 rings (SSSR count).